The Morgan fingerprint density at radius 1 is 0.692 bits per heavy atom. The van der Waals surface area contributed by atoms with E-state index in [9.17, 15) is 0 Å². The van der Waals surface area contributed by atoms with E-state index in [1.807, 2.05) is 13.0 Å². The smallest absolute Gasteiger partial charge is 0.0159 e. The van der Waals surface area contributed by atoms with Crippen molar-refractivity contribution in [3.05, 3.63) is 102 Å². The Morgan fingerprint density at radius 2 is 1.38 bits per heavy atom. The summed E-state index contributed by atoms with van der Waals surface area (Å²) in [5.74, 6) is 0. The number of hydrogen-bond donors (Lipinski definition) is 0. The van der Waals surface area contributed by atoms with Crippen molar-refractivity contribution in [2.75, 3.05) is 0 Å². The number of rotatable bonds is 3. The molecule has 0 aliphatic heterocycles. The Hall–Kier alpha value is -2.86. The zero-order valence-electron chi connectivity index (χ0n) is 15.7. The fourth-order valence-electron chi connectivity index (χ4n) is 4.05. The molecule has 0 atom stereocenters. The lowest BCUT2D eigenvalue weighted by atomic mass is 9.81. The number of allylic oxidation sites excluding steroid dienone is 3. The Labute approximate surface area is 156 Å². The second kappa shape index (κ2) is 6.46. The van der Waals surface area contributed by atoms with Crippen molar-refractivity contribution in [1.29, 1.82) is 0 Å². The van der Waals surface area contributed by atoms with E-state index in [0.29, 0.717) is 0 Å². The van der Waals surface area contributed by atoms with Crippen LogP contribution >= 0.6 is 0 Å². The highest BCUT2D eigenvalue weighted by Crippen LogP contribution is 2.49. The lowest BCUT2D eigenvalue weighted by Crippen LogP contribution is -2.14. The maximum absolute atomic E-state index is 2.39. The van der Waals surface area contributed by atoms with E-state index >= 15 is 0 Å². The van der Waals surface area contributed by atoms with Gasteiger partial charge in [0.25, 0.3) is 0 Å². The summed E-state index contributed by atoms with van der Waals surface area (Å²) in [4.78, 5) is 0. The van der Waals surface area contributed by atoms with Crippen LogP contribution in [0.2, 0.25) is 0 Å². The standard InChI is InChI=1S/C26H24/c1-4-5-6-11-19-12-7-8-13-21(19)20-16-17-23-22-14-9-10-15-24(22)26(2,3)25(23)18-20/h4-18H,1-3H3/b5-4+,11-6-. The van der Waals surface area contributed by atoms with Gasteiger partial charge in [0.15, 0.2) is 0 Å². The van der Waals surface area contributed by atoms with E-state index < -0.39 is 0 Å². The highest BCUT2D eigenvalue weighted by Gasteiger charge is 2.35. The van der Waals surface area contributed by atoms with Crippen molar-refractivity contribution in [3.63, 3.8) is 0 Å². The molecule has 3 aromatic carbocycles. The van der Waals surface area contributed by atoms with Crippen LogP contribution in [-0.4, -0.2) is 0 Å². The normalized spacial score (nSPS) is 14.7. The Balaban J connectivity index is 1.85. The summed E-state index contributed by atoms with van der Waals surface area (Å²) in [6, 6.07) is 24.4. The number of fused-ring (bicyclic) bond motifs is 3. The van der Waals surface area contributed by atoms with Gasteiger partial charge in [0.2, 0.25) is 0 Å². The molecule has 0 N–H and O–H groups in total. The van der Waals surface area contributed by atoms with Gasteiger partial charge in [-0.25, -0.2) is 0 Å². The highest BCUT2D eigenvalue weighted by molar-refractivity contribution is 5.85. The van der Waals surface area contributed by atoms with E-state index in [4.69, 9.17) is 0 Å². The van der Waals surface area contributed by atoms with E-state index in [2.05, 4.69) is 98.8 Å². The summed E-state index contributed by atoms with van der Waals surface area (Å²) in [5.41, 5.74) is 9.44. The first-order valence-corrected chi connectivity index (χ1v) is 9.26. The second-order valence-corrected chi connectivity index (χ2v) is 7.40. The van der Waals surface area contributed by atoms with Crippen LogP contribution in [0, 0.1) is 0 Å². The molecule has 0 fully saturated rings. The van der Waals surface area contributed by atoms with Crippen LogP contribution in [0.4, 0.5) is 0 Å². The van der Waals surface area contributed by atoms with Gasteiger partial charge in [-0.05, 0) is 51.9 Å². The van der Waals surface area contributed by atoms with Gasteiger partial charge in [0.1, 0.15) is 0 Å². The van der Waals surface area contributed by atoms with Crippen molar-refractivity contribution in [2.45, 2.75) is 26.2 Å². The van der Waals surface area contributed by atoms with Crippen LogP contribution in [0.5, 0.6) is 0 Å². The first-order chi connectivity index (χ1) is 12.6. The average molecular weight is 336 g/mol. The maximum atomic E-state index is 2.39. The first-order valence-electron chi connectivity index (χ1n) is 9.26. The fourth-order valence-corrected chi connectivity index (χ4v) is 4.05. The van der Waals surface area contributed by atoms with Crippen molar-refractivity contribution in [3.8, 4) is 22.3 Å². The molecular formula is C26H24. The zero-order valence-corrected chi connectivity index (χ0v) is 15.7. The minimum absolute atomic E-state index is 0.0394. The molecule has 0 bridgehead atoms. The summed E-state index contributed by atoms with van der Waals surface area (Å²) in [6.07, 6.45) is 8.40. The third-order valence-corrected chi connectivity index (χ3v) is 5.43. The minimum Gasteiger partial charge on any atom is -0.0877 e. The van der Waals surface area contributed by atoms with Crippen LogP contribution < -0.4 is 0 Å². The van der Waals surface area contributed by atoms with Crippen LogP contribution in [-0.2, 0) is 5.41 Å². The largest absolute Gasteiger partial charge is 0.0877 e. The molecule has 0 nitrogen and oxygen atoms in total. The lowest BCUT2D eigenvalue weighted by molar-refractivity contribution is 0.660. The van der Waals surface area contributed by atoms with Crippen molar-refractivity contribution in [1.82, 2.24) is 0 Å². The topological polar surface area (TPSA) is 0 Å². The summed E-state index contributed by atoms with van der Waals surface area (Å²) < 4.78 is 0. The zero-order chi connectivity index (χ0) is 18.1. The number of hydrogen-bond acceptors (Lipinski definition) is 0. The summed E-state index contributed by atoms with van der Waals surface area (Å²) in [5, 5.41) is 0. The van der Waals surface area contributed by atoms with Gasteiger partial charge in [-0.15, -0.1) is 0 Å². The maximum Gasteiger partial charge on any atom is 0.0159 e. The summed E-state index contributed by atoms with van der Waals surface area (Å²) in [7, 11) is 0. The van der Waals surface area contributed by atoms with Gasteiger partial charge < -0.3 is 0 Å². The molecule has 0 saturated heterocycles. The molecule has 3 aromatic rings. The predicted octanol–water partition coefficient (Wildman–Crippen LogP) is 7.25. The molecule has 0 radical (unpaired) electrons. The predicted molar refractivity (Wildman–Crippen MR) is 113 cm³/mol. The molecule has 0 unspecified atom stereocenters. The van der Waals surface area contributed by atoms with E-state index in [1.54, 1.807) is 0 Å². The van der Waals surface area contributed by atoms with Gasteiger partial charge in [0.05, 0.1) is 0 Å². The molecule has 4 rings (SSSR count). The Kier molecular flexibility index (Phi) is 4.12. The summed E-state index contributed by atoms with van der Waals surface area (Å²) in [6.45, 7) is 6.70. The fraction of sp³-hybridized carbons (Fsp3) is 0.154. The molecule has 0 amide bonds. The van der Waals surface area contributed by atoms with Gasteiger partial charge in [-0.3, -0.25) is 0 Å². The minimum atomic E-state index is 0.0394. The van der Waals surface area contributed by atoms with Crippen molar-refractivity contribution < 1.29 is 0 Å². The van der Waals surface area contributed by atoms with Gasteiger partial charge in [-0.2, -0.15) is 0 Å². The average Bonchev–Trinajstić information content (AvgIpc) is 2.90. The molecule has 128 valence electrons. The van der Waals surface area contributed by atoms with Gasteiger partial charge in [0, 0.05) is 5.41 Å². The molecule has 0 saturated carbocycles. The molecule has 0 heterocycles. The molecule has 0 aromatic heterocycles. The van der Waals surface area contributed by atoms with Crippen LogP contribution in [0.3, 0.4) is 0 Å². The lowest BCUT2D eigenvalue weighted by Gasteiger charge is -2.22. The molecule has 0 heteroatoms. The monoisotopic (exact) mass is 336 g/mol. The van der Waals surface area contributed by atoms with E-state index in [0.717, 1.165) is 0 Å². The second-order valence-electron chi connectivity index (χ2n) is 7.40. The Morgan fingerprint density at radius 3 is 2.19 bits per heavy atom. The van der Waals surface area contributed by atoms with Gasteiger partial charge >= 0.3 is 0 Å². The van der Waals surface area contributed by atoms with E-state index in [-0.39, 0.29) is 5.41 Å². The third-order valence-electron chi connectivity index (χ3n) is 5.43. The van der Waals surface area contributed by atoms with Crippen LogP contribution in [0.1, 0.15) is 37.5 Å². The van der Waals surface area contributed by atoms with Crippen molar-refractivity contribution in [2.24, 2.45) is 0 Å². The third kappa shape index (κ3) is 2.63. The van der Waals surface area contributed by atoms with Gasteiger partial charge in [-0.1, -0.05) is 98.8 Å². The highest BCUT2D eigenvalue weighted by atomic mass is 14.4. The quantitative estimate of drug-likeness (QED) is 0.442. The molecule has 1 aliphatic carbocycles. The number of benzene rings is 3. The molecule has 0 spiro atoms. The molecule has 1 aliphatic rings. The van der Waals surface area contributed by atoms with Crippen LogP contribution in [0.25, 0.3) is 28.3 Å². The molecular weight excluding hydrogens is 312 g/mol. The van der Waals surface area contributed by atoms with Crippen molar-refractivity contribution >= 4 is 6.08 Å². The molecule has 26 heavy (non-hydrogen) atoms. The van der Waals surface area contributed by atoms with Crippen LogP contribution in [0.15, 0.2) is 85.0 Å². The Bertz CT molecular complexity index is 1020. The first kappa shape index (κ1) is 16.6. The summed E-state index contributed by atoms with van der Waals surface area (Å²) >= 11 is 0. The van der Waals surface area contributed by atoms with E-state index in [1.165, 1.54) is 38.9 Å². The SMILES string of the molecule is C/C=C/C=C\c1ccccc1-c1ccc2c(c1)C(C)(C)c1ccccc1-2.